The van der Waals surface area contributed by atoms with Crippen molar-refractivity contribution in [1.82, 2.24) is 5.32 Å². The topological polar surface area (TPSA) is 55.1 Å². The average Bonchev–Trinajstić information content (AvgIpc) is 2.16. The van der Waals surface area contributed by atoms with Crippen LogP contribution in [0.2, 0.25) is 0 Å². The van der Waals surface area contributed by atoms with Crippen molar-refractivity contribution in [1.29, 1.82) is 0 Å². The van der Waals surface area contributed by atoms with Crippen LogP contribution in [-0.2, 0) is 0 Å². The molecule has 3 nitrogen and oxygen atoms in total. The first-order chi connectivity index (χ1) is 7.13. The molecule has 0 aliphatic carbocycles. The van der Waals surface area contributed by atoms with Gasteiger partial charge in [-0.05, 0) is 31.2 Å². The van der Waals surface area contributed by atoms with E-state index in [9.17, 15) is 9.18 Å². The number of nitrogens with one attached hydrogen (secondary N) is 1. The zero-order chi connectivity index (χ0) is 11.3. The molecule has 3 N–H and O–H groups in total. The van der Waals surface area contributed by atoms with Gasteiger partial charge >= 0.3 is 0 Å². The van der Waals surface area contributed by atoms with Crippen molar-refractivity contribution in [3.63, 3.8) is 0 Å². The van der Waals surface area contributed by atoms with Gasteiger partial charge in [0.2, 0.25) is 0 Å². The van der Waals surface area contributed by atoms with E-state index in [1.807, 2.05) is 0 Å². The largest absolute Gasteiger partial charge is 0.352 e. The predicted molar refractivity (Wildman–Crippen MR) is 60.1 cm³/mol. The van der Waals surface area contributed by atoms with E-state index < -0.39 is 5.82 Å². The van der Waals surface area contributed by atoms with Gasteiger partial charge in [-0.25, -0.2) is 4.39 Å². The highest BCUT2D eigenvalue weighted by molar-refractivity contribution is 9.10. The highest BCUT2D eigenvalue weighted by Gasteiger charge is 2.07. The van der Waals surface area contributed by atoms with Gasteiger partial charge in [0.15, 0.2) is 0 Å². The maximum Gasteiger partial charge on any atom is 0.251 e. The molecule has 0 aromatic heterocycles. The zero-order valence-corrected chi connectivity index (χ0v) is 9.68. The van der Waals surface area contributed by atoms with Crippen LogP contribution in [0.3, 0.4) is 0 Å². The van der Waals surface area contributed by atoms with E-state index in [2.05, 4.69) is 21.2 Å². The number of carbonyl (C=O) groups excluding carboxylic acids is 1. The molecule has 0 aliphatic rings. The summed E-state index contributed by atoms with van der Waals surface area (Å²) in [6.07, 6.45) is 0.711. The van der Waals surface area contributed by atoms with Gasteiger partial charge in [0.1, 0.15) is 5.82 Å². The third-order valence-electron chi connectivity index (χ3n) is 1.79. The van der Waals surface area contributed by atoms with Gasteiger partial charge in [0.05, 0.1) is 0 Å². The number of hydrogen-bond acceptors (Lipinski definition) is 2. The molecule has 5 heteroatoms. The summed E-state index contributed by atoms with van der Waals surface area (Å²) in [6, 6.07) is 4.07. The molecule has 1 aromatic rings. The fraction of sp³-hybridized carbons (Fsp3) is 0.300. The lowest BCUT2D eigenvalue weighted by molar-refractivity contribution is 0.0953. The van der Waals surface area contributed by atoms with E-state index in [-0.39, 0.29) is 5.91 Å². The standard InChI is InChI=1S/C10H12BrFN2O/c11-8-4-7(5-9(12)6-8)10(15)14-3-1-2-13/h4-6H,1-3,13H2,(H,14,15). The Bertz CT molecular complexity index is 337. The lowest BCUT2D eigenvalue weighted by Gasteiger charge is -2.04. The molecule has 0 saturated carbocycles. The Labute approximate surface area is 96.0 Å². The Morgan fingerprint density at radius 3 is 2.80 bits per heavy atom. The predicted octanol–water partition coefficient (Wildman–Crippen LogP) is 1.67. The molecule has 1 amide bonds. The number of rotatable bonds is 4. The van der Waals surface area contributed by atoms with Crippen molar-refractivity contribution in [2.24, 2.45) is 5.73 Å². The van der Waals surface area contributed by atoms with Gasteiger partial charge in [0, 0.05) is 16.6 Å². The van der Waals surface area contributed by atoms with Gasteiger partial charge in [-0.3, -0.25) is 4.79 Å². The molecule has 0 unspecified atom stereocenters. The molecule has 0 fully saturated rings. The van der Waals surface area contributed by atoms with E-state index in [0.29, 0.717) is 29.5 Å². The number of hydrogen-bond donors (Lipinski definition) is 2. The normalized spacial score (nSPS) is 10.1. The van der Waals surface area contributed by atoms with Crippen LogP contribution in [0.15, 0.2) is 22.7 Å². The molecule has 0 atom stereocenters. The molecule has 0 aliphatic heterocycles. The van der Waals surface area contributed by atoms with Gasteiger partial charge < -0.3 is 11.1 Å². The van der Waals surface area contributed by atoms with E-state index >= 15 is 0 Å². The molecule has 82 valence electrons. The summed E-state index contributed by atoms with van der Waals surface area (Å²) in [6.45, 7) is 1.02. The van der Waals surface area contributed by atoms with Gasteiger partial charge in [-0.1, -0.05) is 15.9 Å². The van der Waals surface area contributed by atoms with Crippen molar-refractivity contribution in [3.8, 4) is 0 Å². The third-order valence-corrected chi connectivity index (χ3v) is 2.25. The van der Waals surface area contributed by atoms with Crippen molar-refractivity contribution in [2.75, 3.05) is 13.1 Å². The summed E-state index contributed by atoms with van der Waals surface area (Å²) in [5.41, 5.74) is 5.59. The van der Waals surface area contributed by atoms with Crippen molar-refractivity contribution in [2.45, 2.75) is 6.42 Å². The van der Waals surface area contributed by atoms with Crippen LogP contribution in [0.5, 0.6) is 0 Å². The Morgan fingerprint density at radius 1 is 1.47 bits per heavy atom. The number of carbonyl (C=O) groups is 1. The summed E-state index contributed by atoms with van der Waals surface area (Å²) in [4.78, 5) is 11.5. The highest BCUT2D eigenvalue weighted by atomic mass is 79.9. The Morgan fingerprint density at radius 2 is 2.20 bits per heavy atom. The first kappa shape index (κ1) is 12.1. The highest BCUT2D eigenvalue weighted by Crippen LogP contribution is 2.14. The minimum atomic E-state index is -0.437. The van der Waals surface area contributed by atoms with Gasteiger partial charge in [0.25, 0.3) is 5.91 Å². The fourth-order valence-corrected chi connectivity index (χ4v) is 1.56. The first-order valence-electron chi connectivity index (χ1n) is 4.58. The number of benzene rings is 1. The summed E-state index contributed by atoms with van der Waals surface area (Å²) >= 11 is 3.12. The van der Waals surface area contributed by atoms with Crippen LogP contribution in [0.4, 0.5) is 4.39 Å². The van der Waals surface area contributed by atoms with E-state index in [1.165, 1.54) is 12.1 Å². The number of halogens is 2. The minimum Gasteiger partial charge on any atom is -0.352 e. The molecule has 15 heavy (non-hydrogen) atoms. The summed E-state index contributed by atoms with van der Waals surface area (Å²) in [5, 5.41) is 2.65. The van der Waals surface area contributed by atoms with Gasteiger partial charge in [-0.2, -0.15) is 0 Å². The molecular formula is C10H12BrFN2O. The van der Waals surface area contributed by atoms with Crippen molar-refractivity contribution in [3.05, 3.63) is 34.1 Å². The lowest BCUT2D eigenvalue weighted by atomic mass is 10.2. The molecule has 1 aromatic carbocycles. The average molecular weight is 275 g/mol. The molecular weight excluding hydrogens is 263 g/mol. The number of nitrogens with two attached hydrogens (primary N) is 1. The molecule has 0 saturated heterocycles. The SMILES string of the molecule is NCCCNC(=O)c1cc(F)cc(Br)c1. The fourth-order valence-electron chi connectivity index (χ4n) is 1.09. The third kappa shape index (κ3) is 3.97. The van der Waals surface area contributed by atoms with Crippen LogP contribution < -0.4 is 11.1 Å². The second kappa shape index (κ2) is 5.82. The second-order valence-electron chi connectivity index (χ2n) is 3.06. The van der Waals surface area contributed by atoms with Crippen molar-refractivity contribution < 1.29 is 9.18 Å². The van der Waals surface area contributed by atoms with Crippen LogP contribution >= 0.6 is 15.9 Å². The Balaban J connectivity index is 2.65. The summed E-state index contributed by atoms with van der Waals surface area (Å²) in [5.74, 6) is -0.725. The number of amides is 1. The quantitative estimate of drug-likeness (QED) is 0.821. The van der Waals surface area contributed by atoms with Crippen molar-refractivity contribution >= 4 is 21.8 Å². The monoisotopic (exact) mass is 274 g/mol. The first-order valence-corrected chi connectivity index (χ1v) is 5.37. The molecule has 0 bridgehead atoms. The summed E-state index contributed by atoms with van der Waals surface area (Å²) in [7, 11) is 0. The van der Waals surface area contributed by atoms with E-state index in [0.717, 1.165) is 0 Å². The van der Waals surface area contributed by atoms with Crippen LogP contribution in [-0.4, -0.2) is 19.0 Å². The zero-order valence-electron chi connectivity index (χ0n) is 8.09. The van der Waals surface area contributed by atoms with Crippen LogP contribution in [0.1, 0.15) is 16.8 Å². The molecule has 0 radical (unpaired) electrons. The minimum absolute atomic E-state index is 0.288. The maximum atomic E-state index is 12.9. The van der Waals surface area contributed by atoms with E-state index in [1.54, 1.807) is 6.07 Å². The Kier molecular flexibility index (Phi) is 4.71. The molecule has 0 heterocycles. The van der Waals surface area contributed by atoms with Crippen LogP contribution in [0.25, 0.3) is 0 Å². The lowest BCUT2D eigenvalue weighted by Crippen LogP contribution is -2.26. The molecule has 0 spiro atoms. The summed E-state index contributed by atoms with van der Waals surface area (Å²) < 4.78 is 13.5. The van der Waals surface area contributed by atoms with Crippen LogP contribution in [0, 0.1) is 5.82 Å². The molecule has 1 rings (SSSR count). The maximum absolute atomic E-state index is 12.9. The smallest absolute Gasteiger partial charge is 0.251 e. The second-order valence-corrected chi connectivity index (χ2v) is 3.97. The Hall–Kier alpha value is -0.940. The van der Waals surface area contributed by atoms with Gasteiger partial charge in [-0.15, -0.1) is 0 Å². The van der Waals surface area contributed by atoms with E-state index in [4.69, 9.17) is 5.73 Å².